The van der Waals surface area contributed by atoms with Crippen molar-refractivity contribution in [3.05, 3.63) is 0 Å². The Labute approximate surface area is 67.7 Å². The van der Waals surface area contributed by atoms with E-state index in [2.05, 4.69) is 4.74 Å². The Bertz CT molecular complexity index is 119. The average molecular weight is 160 g/mol. The van der Waals surface area contributed by atoms with Crippen LogP contribution in [0.1, 0.15) is 34.1 Å². The maximum absolute atomic E-state index is 10.4. The van der Waals surface area contributed by atoms with E-state index in [0.717, 1.165) is 0 Å². The molecule has 0 atom stereocenters. The fourth-order valence-corrected chi connectivity index (χ4v) is 0.415. The molecule has 11 heavy (non-hydrogen) atoms. The molecule has 0 rings (SSSR count). The summed E-state index contributed by atoms with van der Waals surface area (Å²) in [6, 6.07) is 0. The third kappa shape index (κ3) is 12.4. The van der Waals surface area contributed by atoms with Gasteiger partial charge in [-0.2, -0.15) is 0 Å². The Morgan fingerprint density at radius 2 is 1.73 bits per heavy atom. The molecule has 0 aromatic rings. The van der Waals surface area contributed by atoms with Crippen LogP contribution in [0.4, 0.5) is 0 Å². The largest absolute Gasteiger partial charge is 0.466 e. The van der Waals surface area contributed by atoms with Crippen molar-refractivity contribution < 1.29 is 14.3 Å². The molecule has 0 aromatic heterocycles. The van der Waals surface area contributed by atoms with E-state index in [1.54, 1.807) is 6.92 Å². The van der Waals surface area contributed by atoms with Crippen molar-refractivity contribution in [2.75, 3.05) is 6.61 Å². The first-order valence-corrected chi connectivity index (χ1v) is 3.82. The number of carbonyl (C=O) groups is 2. The van der Waals surface area contributed by atoms with Crippen molar-refractivity contribution >= 4 is 11.8 Å². The van der Waals surface area contributed by atoms with Gasteiger partial charge in [-0.1, -0.05) is 13.8 Å². The second-order valence-electron chi connectivity index (χ2n) is 1.68. The summed E-state index contributed by atoms with van der Waals surface area (Å²) in [4.78, 5) is 20.6. The molecule has 0 saturated heterocycles. The van der Waals surface area contributed by atoms with Gasteiger partial charge in [0.1, 0.15) is 12.2 Å². The number of hydrogen-bond acceptors (Lipinski definition) is 3. The van der Waals surface area contributed by atoms with Crippen molar-refractivity contribution in [3.8, 4) is 0 Å². The number of hydrogen-bond donors (Lipinski definition) is 0. The fourth-order valence-electron chi connectivity index (χ4n) is 0.415. The number of rotatable bonds is 3. The van der Waals surface area contributed by atoms with Crippen LogP contribution in [0.25, 0.3) is 0 Å². The van der Waals surface area contributed by atoms with Gasteiger partial charge in [0.25, 0.3) is 0 Å². The lowest BCUT2D eigenvalue weighted by atomic mass is 10.3. The predicted octanol–water partition coefficient (Wildman–Crippen LogP) is 1.55. The number of esters is 1. The SMILES string of the molecule is CC.CCOC(=O)CC(C)=O. The molecule has 0 aliphatic heterocycles. The summed E-state index contributed by atoms with van der Waals surface area (Å²) in [5.74, 6) is -0.599. The summed E-state index contributed by atoms with van der Waals surface area (Å²) in [5.41, 5.74) is 0. The van der Waals surface area contributed by atoms with Gasteiger partial charge in [-0.15, -0.1) is 0 Å². The maximum Gasteiger partial charge on any atom is 0.313 e. The topological polar surface area (TPSA) is 43.4 Å². The van der Waals surface area contributed by atoms with Gasteiger partial charge < -0.3 is 4.74 Å². The minimum atomic E-state index is -0.440. The van der Waals surface area contributed by atoms with Gasteiger partial charge in [0.15, 0.2) is 0 Å². The first-order valence-electron chi connectivity index (χ1n) is 3.82. The Morgan fingerprint density at radius 1 is 1.27 bits per heavy atom. The van der Waals surface area contributed by atoms with E-state index < -0.39 is 5.97 Å². The molecule has 0 heterocycles. The molecule has 0 bridgehead atoms. The summed E-state index contributed by atoms with van der Waals surface area (Å²) >= 11 is 0. The minimum absolute atomic E-state index is 0.103. The quantitative estimate of drug-likeness (QED) is 0.464. The fraction of sp³-hybridized carbons (Fsp3) is 0.750. The van der Waals surface area contributed by atoms with Gasteiger partial charge in [-0.3, -0.25) is 9.59 Å². The second kappa shape index (κ2) is 9.14. The van der Waals surface area contributed by atoms with Crippen LogP contribution in [0, 0.1) is 0 Å². The van der Waals surface area contributed by atoms with Crippen LogP contribution in [-0.4, -0.2) is 18.4 Å². The van der Waals surface area contributed by atoms with E-state index in [9.17, 15) is 9.59 Å². The zero-order valence-electron chi connectivity index (χ0n) is 7.64. The van der Waals surface area contributed by atoms with E-state index in [1.165, 1.54) is 6.92 Å². The highest BCUT2D eigenvalue weighted by atomic mass is 16.5. The Kier molecular flexibility index (Phi) is 10.6. The molecule has 0 saturated carbocycles. The summed E-state index contributed by atoms with van der Waals surface area (Å²) < 4.78 is 4.49. The van der Waals surface area contributed by atoms with Gasteiger partial charge in [0, 0.05) is 0 Å². The smallest absolute Gasteiger partial charge is 0.313 e. The molecule has 0 amide bonds. The molecule has 66 valence electrons. The van der Waals surface area contributed by atoms with E-state index in [-0.39, 0.29) is 12.2 Å². The highest BCUT2D eigenvalue weighted by molar-refractivity contribution is 5.94. The van der Waals surface area contributed by atoms with Crippen LogP contribution >= 0.6 is 0 Å². The summed E-state index contributed by atoms with van der Waals surface area (Å²) in [6.07, 6.45) is -0.103. The molecule has 0 aliphatic carbocycles. The maximum atomic E-state index is 10.4. The Hall–Kier alpha value is -0.860. The lowest BCUT2D eigenvalue weighted by Crippen LogP contribution is -2.07. The molecule has 0 N–H and O–H groups in total. The third-order valence-corrected chi connectivity index (χ3v) is 0.699. The average Bonchev–Trinajstić information content (AvgIpc) is 1.91. The number of ketones is 1. The second-order valence-corrected chi connectivity index (χ2v) is 1.68. The number of carbonyl (C=O) groups excluding carboxylic acids is 2. The summed E-state index contributed by atoms with van der Waals surface area (Å²) in [5, 5.41) is 0. The van der Waals surface area contributed by atoms with E-state index >= 15 is 0 Å². The normalized spacial score (nSPS) is 7.64. The third-order valence-electron chi connectivity index (χ3n) is 0.699. The van der Waals surface area contributed by atoms with Gasteiger partial charge >= 0.3 is 5.97 Å². The molecule has 0 fully saturated rings. The highest BCUT2D eigenvalue weighted by Crippen LogP contribution is 1.86. The van der Waals surface area contributed by atoms with Crippen LogP contribution in [0.5, 0.6) is 0 Å². The van der Waals surface area contributed by atoms with Gasteiger partial charge in [0.05, 0.1) is 6.61 Å². The van der Waals surface area contributed by atoms with E-state index in [4.69, 9.17) is 0 Å². The van der Waals surface area contributed by atoms with Crippen LogP contribution in [0.2, 0.25) is 0 Å². The van der Waals surface area contributed by atoms with Crippen molar-refractivity contribution in [2.45, 2.75) is 34.1 Å². The lowest BCUT2D eigenvalue weighted by molar-refractivity contribution is -0.145. The molecule has 0 aliphatic rings. The summed E-state index contributed by atoms with van der Waals surface area (Å²) in [7, 11) is 0. The standard InChI is InChI=1S/C6H10O3.C2H6/c1-3-9-6(8)4-5(2)7;1-2/h3-4H2,1-2H3;1-2H3. The van der Waals surface area contributed by atoms with E-state index in [1.807, 2.05) is 13.8 Å². The van der Waals surface area contributed by atoms with Crippen molar-refractivity contribution in [1.29, 1.82) is 0 Å². The van der Waals surface area contributed by atoms with Crippen molar-refractivity contribution in [1.82, 2.24) is 0 Å². The van der Waals surface area contributed by atoms with Crippen LogP contribution < -0.4 is 0 Å². The molecular weight excluding hydrogens is 144 g/mol. The minimum Gasteiger partial charge on any atom is -0.466 e. The van der Waals surface area contributed by atoms with E-state index in [0.29, 0.717) is 6.61 Å². The van der Waals surface area contributed by atoms with Crippen LogP contribution in [0.3, 0.4) is 0 Å². The summed E-state index contributed by atoms with van der Waals surface area (Å²) in [6.45, 7) is 7.40. The molecule has 0 spiro atoms. The van der Waals surface area contributed by atoms with Gasteiger partial charge in [-0.05, 0) is 13.8 Å². The number of Topliss-reactive ketones (excluding diaryl/α,β-unsaturated/α-hetero) is 1. The number of ether oxygens (including phenoxy) is 1. The zero-order valence-corrected chi connectivity index (χ0v) is 7.64. The first-order chi connectivity index (χ1) is 5.16. The van der Waals surface area contributed by atoms with Crippen LogP contribution in [0.15, 0.2) is 0 Å². The lowest BCUT2D eigenvalue weighted by Gasteiger charge is -1.96. The Balaban J connectivity index is 0. The molecule has 0 radical (unpaired) electrons. The predicted molar refractivity (Wildman–Crippen MR) is 43.3 cm³/mol. The van der Waals surface area contributed by atoms with Crippen molar-refractivity contribution in [3.63, 3.8) is 0 Å². The molecule has 0 unspecified atom stereocenters. The zero-order chi connectivity index (χ0) is 9.28. The molecular formula is C8H16O3. The molecule has 3 nitrogen and oxygen atoms in total. The van der Waals surface area contributed by atoms with Crippen LogP contribution in [-0.2, 0) is 14.3 Å². The molecule has 0 aromatic carbocycles. The van der Waals surface area contributed by atoms with Gasteiger partial charge in [-0.25, -0.2) is 0 Å². The van der Waals surface area contributed by atoms with Crippen molar-refractivity contribution in [2.24, 2.45) is 0 Å². The van der Waals surface area contributed by atoms with Gasteiger partial charge in [0.2, 0.25) is 0 Å². The monoisotopic (exact) mass is 160 g/mol. The highest BCUT2D eigenvalue weighted by Gasteiger charge is 2.03. The molecule has 3 heteroatoms. The first kappa shape index (κ1) is 12.8. The Morgan fingerprint density at radius 3 is 2.00 bits per heavy atom.